The fourth-order valence-electron chi connectivity index (χ4n) is 1.31. The van der Waals surface area contributed by atoms with Crippen LogP contribution in [0.1, 0.15) is 6.42 Å². The van der Waals surface area contributed by atoms with Crippen molar-refractivity contribution in [1.82, 2.24) is 10.2 Å². The number of hydrogen-bond donors (Lipinski definition) is 2. The van der Waals surface area contributed by atoms with Crippen molar-refractivity contribution in [3.05, 3.63) is 28.7 Å². The van der Waals surface area contributed by atoms with E-state index in [1.54, 1.807) is 23.7 Å². The van der Waals surface area contributed by atoms with Crippen LogP contribution in [0.2, 0.25) is 5.02 Å². The third-order valence-corrected chi connectivity index (χ3v) is 4.28. The van der Waals surface area contributed by atoms with Gasteiger partial charge in [-0.05, 0) is 18.2 Å². The fourth-order valence-corrected chi connectivity index (χ4v) is 2.98. The van der Waals surface area contributed by atoms with Gasteiger partial charge in [0.05, 0.1) is 11.4 Å². The molecule has 2 aromatic rings. The van der Waals surface area contributed by atoms with E-state index < -0.39 is 0 Å². The van der Waals surface area contributed by atoms with E-state index >= 15 is 0 Å². The molecule has 1 aromatic carbocycles. The Balaban J connectivity index is 1.82. The summed E-state index contributed by atoms with van der Waals surface area (Å²) >= 11 is 8.80. The molecular weight excluding hydrogens is 304 g/mol. The van der Waals surface area contributed by atoms with Crippen LogP contribution in [-0.4, -0.2) is 21.9 Å². The summed E-state index contributed by atoms with van der Waals surface area (Å²) in [6.45, 7) is 0. The number of carbonyl (C=O) groups excluding carboxylic acids is 1. The van der Waals surface area contributed by atoms with Crippen LogP contribution >= 0.6 is 34.7 Å². The van der Waals surface area contributed by atoms with Gasteiger partial charge in [0.25, 0.3) is 0 Å². The summed E-state index contributed by atoms with van der Waals surface area (Å²) in [5, 5.41) is 10.9. The quantitative estimate of drug-likeness (QED) is 0.655. The number of aromatic nitrogens is 2. The van der Waals surface area contributed by atoms with E-state index in [0.717, 1.165) is 4.34 Å². The highest BCUT2D eigenvalue weighted by Gasteiger charge is 2.07. The Labute approximate surface area is 123 Å². The van der Waals surface area contributed by atoms with Crippen molar-refractivity contribution in [3.8, 4) is 0 Å². The highest BCUT2D eigenvalue weighted by Crippen LogP contribution is 2.24. The van der Waals surface area contributed by atoms with E-state index in [4.69, 9.17) is 17.3 Å². The normalized spacial score (nSPS) is 10.4. The molecule has 0 fully saturated rings. The van der Waals surface area contributed by atoms with Crippen LogP contribution in [0.3, 0.4) is 0 Å². The summed E-state index contributed by atoms with van der Waals surface area (Å²) in [6, 6.07) is 4.97. The van der Waals surface area contributed by atoms with Gasteiger partial charge in [0.1, 0.15) is 5.51 Å². The monoisotopic (exact) mass is 314 g/mol. The average molecular weight is 315 g/mol. The Kier molecular flexibility index (Phi) is 5.00. The lowest BCUT2D eigenvalue weighted by molar-refractivity contribution is -0.115. The number of thioether (sulfide) groups is 1. The summed E-state index contributed by atoms with van der Waals surface area (Å²) < 4.78 is 0.857. The zero-order valence-corrected chi connectivity index (χ0v) is 12.2. The lowest BCUT2D eigenvalue weighted by Gasteiger charge is -2.08. The number of anilines is 2. The van der Waals surface area contributed by atoms with Gasteiger partial charge >= 0.3 is 0 Å². The number of nitrogens with two attached hydrogens (primary N) is 1. The minimum absolute atomic E-state index is 0.106. The highest BCUT2D eigenvalue weighted by atomic mass is 35.5. The Morgan fingerprint density at radius 1 is 1.53 bits per heavy atom. The number of nitrogens with zero attached hydrogens (tertiary/aromatic N) is 2. The molecule has 100 valence electrons. The molecule has 0 bridgehead atoms. The molecule has 19 heavy (non-hydrogen) atoms. The van der Waals surface area contributed by atoms with Gasteiger partial charge in [-0.3, -0.25) is 4.79 Å². The Morgan fingerprint density at radius 3 is 3.11 bits per heavy atom. The number of hydrogen-bond acceptors (Lipinski definition) is 6. The van der Waals surface area contributed by atoms with Gasteiger partial charge < -0.3 is 11.1 Å². The second-order valence-electron chi connectivity index (χ2n) is 3.58. The van der Waals surface area contributed by atoms with Gasteiger partial charge in [0, 0.05) is 17.2 Å². The molecule has 0 saturated carbocycles. The minimum atomic E-state index is -0.106. The topological polar surface area (TPSA) is 80.9 Å². The molecule has 0 aliphatic rings. The zero-order chi connectivity index (χ0) is 13.7. The highest BCUT2D eigenvalue weighted by molar-refractivity contribution is 8.01. The van der Waals surface area contributed by atoms with Crippen molar-refractivity contribution in [2.45, 2.75) is 10.8 Å². The first-order chi connectivity index (χ1) is 9.15. The van der Waals surface area contributed by atoms with E-state index in [-0.39, 0.29) is 5.91 Å². The molecular formula is C11H11ClN4OS2. The van der Waals surface area contributed by atoms with E-state index in [1.165, 1.54) is 23.1 Å². The number of nitrogens with one attached hydrogen (secondary N) is 1. The summed E-state index contributed by atoms with van der Waals surface area (Å²) in [6.07, 6.45) is 0.371. The molecule has 0 saturated heterocycles. The van der Waals surface area contributed by atoms with Crippen LogP contribution in [0.25, 0.3) is 0 Å². The van der Waals surface area contributed by atoms with Crippen LogP contribution in [0, 0.1) is 0 Å². The minimum Gasteiger partial charge on any atom is -0.397 e. The molecule has 1 amide bonds. The van der Waals surface area contributed by atoms with Crippen molar-refractivity contribution < 1.29 is 4.79 Å². The summed E-state index contributed by atoms with van der Waals surface area (Å²) in [4.78, 5) is 11.7. The number of nitrogen functional groups attached to an aromatic ring is 1. The van der Waals surface area contributed by atoms with Crippen LogP contribution in [-0.2, 0) is 4.79 Å². The first-order valence-electron chi connectivity index (χ1n) is 5.39. The molecule has 0 radical (unpaired) electrons. The number of amides is 1. The molecule has 1 heterocycles. The van der Waals surface area contributed by atoms with Crippen molar-refractivity contribution in [1.29, 1.82) is 0 Å². The first-order valence-corrected chi connectivity index (χ1v) is 7.63. The van der Waals surface area contributed by atoms with Crippen LogP contribution < -0.4 is 11.1 Å². The molecule has 0 unspecified atom stereocenters. The van der Waals surface area contributed by atoms with Crippen LogP contribution in [0.5, 0.6) is 0 Å². The number of benzene rings is 1. The maximum Gasteiger partial charge on any atom is 0.225 e. The molecule has 1 aromatic heterocycles. The molecule has 8 heteroatoms. The molecule has 3 N–H and O–H groups in total. The number of rotatable bonds is 5. The Hall–Kier alpha value is -1.31. The van der Waals surface area contributed by atoms with Gasteiger partial charge in [-0.15, -0.1) is 10.2 Å². The maximum absolute atomic E-state index is 11.7. The molecule has 2 rings (SSSR count). The van der Waals surface area contributed by atoms with E-state index in [2.05, 4.69) is 15.5 Å². The zero-order valence-electron chi connectivity index (χ0n) is 9.80. The predicted molar refractivity (Wildman–Crippen MR) is 79.7 cm³/mol. The third-order valence-electron chi connectivity index (χ3n) is 2.18. The molecule has 0 aliphatic heterocycles. The lowest BCUT2D eigenvalue weighted by atomic mass is 10.2. The van der Waals surface area contributed by atoms with E-state index in [9.17, 15) is 4.79 Å². The Morgan fingerprint density at radius 2 is 2.37 bits per heavy atom. The maximum atomic E-state index is 11.7. The lowest BCUT2D eigenvalue weighted by Crippen LogP contribution is -2.13. The van der Waals surface area contributed by atoms with Crippen molar-refractivity contribution >= 4 is 52.0 Å². The van der Waals surface area contributed by atoms with E-state index in [0.29, 0.717) is 28.6 Å². The summed E-state index contributed by atoms with van der Waals surface area (Å²) in [5.74, 6) is 0.535. The van der Waals surface area contributed by atoms with Crippen molar-refractivity contribution in [2.24, 2.45) is 0 Å². The largest absolute Gasteiger partial charge is 0.397 e. The molecule has 5 nitrogen and oxygen atoms in total. The van der Waals surface area contributed by atoms with Gasteiger partial charge in [-0.25, -0.2) is 0 Å². The Bertz CT molecular complexity index is 562. The summed E-state index contributed by atoms with van der Waals surface area (Å²) in [7, 11) is 0. The standard InChI is InChI=1S/C11H11ClN4OS2/c12-7-1-2-8(13)9(5-7)15-10(17)3-4-18-11-16-14-6-19-11/h1-2,5-6H,3-4,13H2,(H,15,17). The second-order valence-corrected chi connectivity index (χ2v) is 6.19. The average Bonchev–Trinajstić information content (AvgIpc) is 2.87. The van der Waals surface area contributed by atoms with Gasteiger partial charge in [-0.1, -0.05) is 34.7 Å². The van der Waals surface area contributed by atoms with Crippen LogP contribution in [0.15, 0.2) is 28.0 Å². The van der Waals surface area contributed by atoms with E-state index in [1.807, 2.05) is 0 Å². The second kappa shape index (κ2) is 6.74. The molecule has 0 atom stereocenters. The third kappa shape index (κ3) is 4.38. The number of halogens is 1. The van der Waals surface area contributed by atoms with Gasteiger partial charge in [-0.2, -0.15) is 0 Å². The number of carbonyl (C=O) groups is 1. The summed E-state index contributed by atoms with van der Waals surface area (Å²) in [5.41, 5.74) is 8.45. The van der Waals surface area contributed by atoms with Gasteiger partial charge in [0.2, 0.25) is 5.91 Å². The molecule has 0 aliphatic carbocycles. The van der Waals surface area contributed by atoms with Crippen molar-refractivity contribution in [3.63, 3.8) is 0 Å². The SMILES string of the molecule is Nc1ccc(Cl)cc1NC(=O)CCSc1nncs1. The predicted octanol–water partition coefficient (Wildman–Crippen LogP) is 2.89. The van der Waals surface area contributed by atoms with Gasteiger partial charge in [0.15, 0.2) is 4.34 Å². The van der Waals surface area contributed by atoms with Crippen LogP contribution in [0.4, 0.5) is 11.4 Å². The first kappa shape index (κ1) is 14.1. The fraction of sp³-hybridized carbons (Fsp3) is 0.182. The molecule has 0 spiro atoms. The van der Waals surface area contributed by atoms with Crippen molar-refractivity contribution in [2.75, 3.05) is 16.8 Å². The smallest absolute Gasteiger partial charge is 0.225 e.